The molecular weight excluding hydrogens is 430 g/mol. The first kappa shape index (κ1) is 23.6. The number of ether oxygens (including phenoxy) is 2. The third-order valence-electron chi connectivity index (χ3n) is 6.58. The first-order chi connectivity index (χ1) is 16.4. The summed E-state index contributed by atoms with van der Waals surface area (Å²) >= 11 is 0. The Labute approximate surface area is 200 Å². The van der Waals surface area contributed by atoms with E-state index >= 15 is 0 Å². The number of piperidine rings is 1. The second kappa shape index (κ2) is 10.6. The zero-order chi connectivity index (χ0) is 24.1. The SMILES string of the molecule is CC(=N)N1CCC(Oc2ccc(C(=O)OC[C@H]3CCCN3c3cccc(C(=N)N)c3)cc2)CC1. The lowest BCUT2D eigenvalue weighted by Crippen LogP contribution is -2.40. The van der Waals surface area contributed by atoms with Crippen molar-refractivity contribution >= 4 is 23.3 Å². The van der Waals surface area contributed by atoms with Gasteiger partial charge in [0.2, 0.25) is 0 Å². The molecule has 0 unspecified atom stereocenters. The molecule has 0 aromatic heterocycles. The van der Waals surface area contributed by atoms with E-state index in [-0.39, 0.29) is 24.0 Å². The Bertz CT molecular complexity index is 1030. The fraction of sp³-hybridized carbons (Fsp3) is 0.423. The fourth-order valence-corrected chi connectivity index (χ4v) is 4.63. The molecule has 2 aliphatic rings. The summed E-state index contributed by atoms with van der Waals surface area (Å²) in [7, 11) is 0. The lowest BCUT2D eigenvalue weighted by atomic mass is 10.1. The van der Waals surface area contributed by atoms with Gasteiger partial charge < -0.3 is 25.0 Å². The number of likely N-dealkylation sites (tertiary alicyclic amines) is 1. The lowest BCUT2D eigenvalue weighted by Gasteiger charge is -2.32. The van der Waals surface area contributed by atoms with Crippen LogP contribution in [0.5, 0.6) is 5.75 Å². The average molecular weight is 464 g/mol. The number of carbonyl (C=O) groups is 1. The molecule has 0 aliphatic carbocycles. The second-order valence-electron chi connectivity index (χ2n) is 8.97. The van der Waals surface area contributed by atoms with Crippen LogP contribution in [0.3, 0.4) is 0 Å². The maximum absolute atomic E-state index is 12.6. The van der Waals surface area contributed by atoms with Crippen LogP contribution >= 0.6 is 0 Å². The number of amidine groups is 2. The standard InChI is InChI=1S/C26H33N5O3/c1-18(27)30-14-11-24(12-15-30)34-23-9-7-19(8-10-23)26(32)33-17-22-6-3-13-31(22)21-5-2-4-20(16-21)25(28)29/h2,4-5,7-10,16,22,24,27H,3,6,11-15,17H2,1H3,(H3,28,29)/t22-/m1/s1. The van der Waals surface area contributed by atoms with Crippen molar-refractivity contribution < 1.29 is 14.3 Å². The van der Waals surface area contributed by atoms with Crippen molar-refractivity contribution in [2.45, 2.75) is 44.8 Å². The van der Waals surface area contributed by atoms with Crippen LogP contribution in [-0.4, -0.2) is 60.9 Å². The minimum Gasteiger partial charge on any atom is -0.490 e. The van der Waals surface area contributed by atoms with Gasteiger partial charge in [-0.15, -0.1) is 0 Å². The Morgan fingerprint density at radius 3 is 2.44 bits per heavy atom. The molecule has 0 saturated carbocycles. The minimum absolute atomic E-state index is 0.0448. The molecule has 1 atom stereocenters. The van der Waals surface area contributed by atoms with Gasteiger partial charge in [0.1, 0.15) is 24.3 Å². The highest BCUT2D eigenvalue weighted by Gasteiger charge is 2.27. The van der Waals surface area contributed by atoms with Crippen LogP contribution in [0.2, 0.25) is 0 Å². The van der Waals surface area contributed by atoms with E-state index in [2.05, 4.69) is 9.80 Å². The van der Waals surface area contributed by atoms with E-state index in [1.54, 1.807) is 12.1 Å². The molecule has 2 aromatic carbocycles. The monoisotopic (exact) mass is 463 g/mol. The Balaban J connectivity index is 1.29. The molecule has 0 amide bonds. The predicted octanol–water partition coefficient (Wildman–Crippen LogP) is 3.64. The molecule has 4 rings (SSSR count). The van der Waals surface area contributed by atoms with Gasteiger partial charge in [-0.2, -0.15) is 0 Å². The van der Waals surface area contributed by atoms with Crippen LogP contribution in [0.15, 0.2) is 48.5 Å². The van der Waals surface area contributed by atoms with Gasteiger partial charge in [-0.3, -0.25) is 10.8 Å². The summed E-state index contributed by atoms with van der Waals surface area (Å²) in [5.74, 6) is 1.05. The molecule has 2 aromatic rings. The largest absolute Gasteiger partial charge is 0.490 e. The van der Waals surface area contributed by atoms with Gasteiger partial charge in [0.25, 0.3) is 0 Å². The van der Waals surface area contributed by atoms with Gasteiger partial charge >= 0.3 is 5.97 Å². The minimum atomic E-state index is -0.342. The normalized spacial score (nSPS) is 18.6. The molecule has 34 heavy (non-hydrogen) atoms. The van der Waals surface area contributed by atoms with Crippen molar-refractivity contribution in [2.75, 3.05) is 31.1 Å². The third-order valence-corrected chi connectivity index (χ3v) is 6.58. The van der Waals surface area contributed by atoms with Crippen molar-refractivity contribution in [3.63, 3.8) is 0 Å². The zero-order valence-electron chi connectivity index (χ0n) is 19.6. The Morgan fingerprint density at radius 2 is 1.76 bits per heavy atom. The quantitative estimate of drug-likeness (QED) is 0.328. The molecule has 2 heterocycles. The van der Waals surface area contributed by atoms with Crippen LogP contribution in [-0.2, 0) is 4.74 Å². The highest BCUT2D eigenvalue weighted by Crippen LogP contribution is 2.27. The fourth-order valence-electron chi connectivity index (χ4n) is 4.63. The molecule has 4 N–H and O–H groups in total. The van der Waals surface area contributed by atoms with E-state index in [1.165, 1.54) is 0 Å². The summed E-state index contributed by atoms with van der Waals surface area (Å²) in [4.78, 5) is 16.9. The van der Waals surface area contributed by atoms with Gasteiger partial charge in [0.15, 0.2) is 0 Å². The van der Waals surface area contributed by atoms with E-state index in [4.69, 9.17) is 26.0 Å². The number of esters is 1. The average Bonchev–Trinajstić information content (AvgIpc) is 3.32. The highest BCUT2D eigenvalue weighted by molar-refractivity contribution is 5.95. The molecule has 0 bridgehead atoms. The number of benzene rings is 2. The molecule has 8 heteroatoms. The van der Waals surface area contributed by atoms with E-state index in [0.717, 1.165) is 56.8 Å². The number of hydrogen-bond donors (Lipinski definition) is 3. The van der Waals surface area contributed by atoms with Gasteiger partial charge in [-0.1, -0.05) is 12.1 Å². The van der Waals surface area contributed by atoms with Crippen LogP contribution in [0, 0.1) is 10.8 Å². The summed E-state index contributed by atoms with van der Waals surface area (Å²) in [6.07, 6.45) is 3.86. The van der Waals surface area contributed by atoms with E-state index in [9.17, 15) is 4.79 Å². The van der Waals surface area contributed by atoms with E-state index in [1.807, 2.05) is 43.3 Å². The smallest absolute Gasteiger partial charge is 0.338 e. The van der Waals surface area contributed by atoms with Crippen molar-refractivity contribution in [1.29, 1.82) is 10.8 Å². The summed E-state index contributed by atoms with van der Waals surface area (Å²) < 4.78 is 11.7. The number of nitrogens with two attached hydrogens (primary N) is 1. The molecule has 0 radical (unpaired) electrons. The van der Waals surface area contributed by atoms with Crippen molar-refractivity contribution in [2.24, 2.45) is 5.73 Å². The molecule has 2 fully saturated rings. The molecule has 180 valence electrons. The highest BCUT2D eigenvalue weighted by atomic mass is 16.5. The van der Waals surface area contributed by atoms with Crippen molar-refractivity contribution in [3.8, 4) is 5.75 Å². The summed E-state index contributed by atoms with van der Waals surface area (Å²) in [5, 5.41) is 15.4. The van der Waals surface area contributed by atoms with Crippen LogP contribution in [0.4, 0.5) is 5.69 Å². The zero-order valence-corrected chi connectivity index (χ0v) is 19.6. The predicted molar refractivity (Wildman–Crippen MR) is 133 cm³/mol. The third kappa shape index (κ3) is 5.68. The van der Waals surface area contributed by atoms with Gasteiger partial charge in [-0.25, -0.2) is 4.79 Å². The summed E-state index contributed by atoms with van der Waals surface area (Å²) in [5.41, 5.74) is 7.83. The first-order valence-electron chi connectivity index (χ1n) is 11.9. The number of anilines is 1. The topological polar surface area (TPSA) is 116 Å². The number of rotatable bonds is 7. The number of nitrogens with one attached hydrogen (secondary N) is 2. The first-order valence-corrected chi connectivity index (χ1v) is 11.9. The maximum Gasteiger partial charge on any atom is 0.338 e. The Hall–Kier alpha value is -3.55. The van der Waals surface area contributed by atoms with Gasteiger partial charge in [0, 0.05) is 43.7 Å². The van der Waals surface area contributed by atoms with Gasteiger partial charge in [-0.05, 0) is 56.2 Å². The lowest BCUT2D eigenvalue weighted by molar-refractivity contribution is 0.0482. The van der Waals surface area contributed by atoms with Gasteiger partial charge in [0.05, 0.1) is 17.4 Å². The van der Waals surface area contributed by atoms with Crippen LogP contribution in [0.1, 0.15) is 48.5 Å². The van der Waals surface area contributed by atoms with Crippen LogP contribution in [0.25, 0.3) is 0 Å². The molecule has 0 spiro atoms. The number of nitrogens with zero attached hydrogens (tertiary/aromatic N) is 2. The molecule has 2 aliphatic heterocycles. The number of hydrogen-bond acceptors (Lipinski definition) is 6. The Morgan fingerprint density at radius 1 is 1.03 bits per heavy atom. The molecule has 2 saturated heterocycles. The van der Waals surface area contributed by atoms with E-state index in [0.29, 0.717) is 23.6 Å². The van der Waals surface area contributed by atoms with Crippen molar-refractivity contribution in [1.82, 2.24) is 4.90 Å². The molecular formula is C26H33N5O3. The Kier molecular flexibility index (Phi) is 7.35. The second-order valence-corrected chi connectivity index (χ2v) is 8.97. The summed E-state index contributed by atoms with van der Waals surface area (Å²) in [6.45, 7) is 4.68. The van der Waals surface area contributed by atoms with Crippen molar-refractivity contribution in [3.05, 3.63) is 59.7 Å². The maximum atomic E-state index is 12.6. The van der Waals surface area contributed by atoms with Crippen LogP contribution < -0.4 is 15.4 Å². The number of nitrogen functional groups attached to an aromatic ring is 1. The number of carbonyl (C=O) groups excluding carboxylic acids is 1. The van der Waals surface area contributed by atoms with E-state index < -0.39 is 0 Å². The molecule has 8 nitrogen and oxygen atoms in total. The summed E-state index contributed by atoms with van der Waals surface area (Å²) in [6, 6.07) is 14.9.